The number of carbonyl (C=O) groups excluding carboxylic acids is 2. The average molecular weight is 437 g/mol. The molecular formula is C20H15F4N3O4. The fourth-order valence-corrected chi connectivity index (χ4v) is 2.81. The van der Waals surface area contributed by atoms with Gasteiger partial charge in [0.15, 0.2) is 11.5 Å². The molecule has 0 fully saturated rings. The third-order valence-corrected chi connectivity index (χ3v) is 4.22. The molecule has 2 aromatic rings. The number of hydrogen-bond donors (Lipinski definition) is 0. The van der Waals surface area contributed by atoms with Crippen LogP contribution in [0.3, 0.4) is 0 Å². The minimum Gasteiger partial charge on any atom is -0.465 e. The molecule has 1 aliphatic heterocycles. The first-order valence-corrected chi connectivity index (χ1v) is 8.65. The molecule has 0 unspecified atom stereocenters. The van der Waals surface area contributed by atoms with E-state index < -0.39 is 29.6 Å². The fourth-order valence-electron chi connectivity index (χ4n) is 2.81. The van der Waals surface area contributed by atoms with Crippen molar-refractivity contribution >= 4 is 17.6 Å². The highest BCUT2D eigenvalue weighted by atomic mass is 19.4. The van der Waals surface area contributed by atoms with Crippen molar-refractivity contribution in [1.82, 2.24) is 9.78 Å². The standard InChI is InChI=1S/C20H15F4N3O4/c1-30-18(28)13-5-3-4-9-26(17(13)19(29)31-2)12-6-7-15(14(21)11-12)27-10-8-16(25-27)20(22,23)24/h3-11H,1-2H3. The lowest BCUT2D eigenvalue weighted by molar-refractivity contribution is -0.141. The molecule has 162 valence electrons. The van der Waals surface area contributed by atoms with E-state index in [1.807, 2.05) is 0 Å². The first-order chi connectivity index (χ1) is 14.7. The van der Waals surface area contributed by atoms with Gasteiger partial charge in [-0.3, -0.25) is 0 Å². The molecule has 1 aromatic carbocycles. The molecule has 1 aliphatic rings. The lowest BCUT2D eigenvalue weighted by Crippen LogP contribution is -2.27. The molecule has 2 heterocycles. The molecule has 0 amide bonds. The molecule has 0 spiro atoms. The Labute approximate surface area is 173 Å². The van der Waals surface area contributed by atoms with Gasteiger partial charge in [0.2, 0.25) is 0 Å². The molecule has 3 rings (SSSR count). The van der Waals surface area contributed by atoms with Crippen molar-refractivity contribution in [3.05, 3.63) is 77.7 Å². The molecule has 0 N–H and O–H groups in total. The number of esters is 2. The second-order valence-electron chi connectivity index (χ2n) is 6.10. The number of methoxy groups -OCH3 is 2. The van der Waals surface area contributed by atoms with Gasteiger partial charge >= 0.3 is 18.1 Å². The number of hydrogen-bond acceptors (Lipinski definition) is 6. The van der Waals surface area contributed by atoms with Gasteiger partial charge in [-0.25, -0.2) is 18.7 Å². The van der Waals surface area contributed by atoms with Crippen molar-refractivity contribution in [3.8, 4) is 5.69 Å². The van der Waals surface area contributed by atoms with Crippen LogP contribution in [0.4, 0.5) is 23.2 Å². The summed E-state index contributed by atoms with van der Waals surface area (Å²) < 4.78 is 63.3. The highest BCUT2D eigenvalue weighted by Gasteiger charge is 2.34. The number of allylic oxidation sites excluding steroid dienone is 2. The number of alkyl halides is 3. The van der Waals surface area contributed by atoms with E-state index >= 15 is 0 Å². The maximum Gasteiger partial charge on any atom is 0.435 e. The molecule has 0 atom stereocenters. The third-order valence-electron chi connectivity index (χ3n) is 4.22. The van der Waals surface area contributed by atoms with Gasteiger partial charge in [-0.2, -0.15) is 18.3 Å². The van der Waals surface area contributed by atoms with Crippen molar-refractivity contribution in [2.75, 3.05) is 19.1 Å². The topological polar surface area (TPSA) is 73.7 Å². The van der Waals surface area contributed by atoms with Gasteiger partial charge in [-0.15, -0.1) is 0 Å². The van der Waals surface area contributed by atoms with E-state index in [0.717, 1.165) is 37.2 Å². The maximum absolute atomic E-state index is 14.8. The maximum atomic E-state index is 14.8. The second kappa shape index (κ2) is 8.46. The predicted molar refractivity (Wildman–Crippen MR) is 100 cm³/mol. The average Bonchev–Trinajstić information content (AvgIpc) is 3.13. The van der Waals surface area contributed by atoms with Crippen molar-refractivity contribution in [2.24, 2.45) is 0 Å². The van der Waals surface area contributed by atoms with E-state index in [9.17, 15) is 27.2 Å². The van der Waals surface area contributed by atoms with Gasteiger partial charge in [0.25, 0.3) is 0 Å². The van der Waals surface area contributed by atoms with Crippen LogP contribution in [0.1, 0.15) is 5.69 Å². The quantitative estimate of drug-likeness (QED) is 0.539. The van der Waals surface area contributed by atoms with E-state index in [2.05, 4.69) is 5.10 Å². The monoisotopic (exact) mass is 437 g/mol. The van der Waals surface area contributed by atoms with Crippen LogP contribution < -0.4 is 4.90 Å². The minimum atomic E-state index is -4.67. The van der Waals surface area contributed by atoms with Gasteiger partial charge in [0.05, 0.1) is 19.8 Å². The van der Waals surface area contributed by atoms with Crippen LogP contribution in [-0.2, 0) is 25.2 Å². The Kier molecular flexibility index (Phi) is 5.95. The van der Waals surface area contributed by atoms with Crippen LogP contribution in [0.15, 0.2) is 66.2 Å². The number of benzene rings is 1. The molecule has 7 nitrogen and oxygen atoms in total. The van der Waals surface area contributed by atoms with Crippen LogP contribution in [0, 0.1) is 5.82 Å². The zero-order chi connectivity index (χ0) is 22.8. The number of carbonyl (C=O) groups is 2. The third kappa shape index (κ3) is 4.34. The van der Waals surface area contributed by atoms with Gasteiger partial charge < -0.3 is 14.4 Å². The Bertz CT molecular complexity index is 1120. The van der Waals surface area contributed by atoms with Gasteiger partial charge in [0.1, 0.15) is 11.4 Å². The Morgan fingerprint density at radius 3 is 2.32 bits per heavy atom. The van der Waals surface area contributed by atoms with Crippen molar-refractivity contribution in [1.29, 1.82) is 0 Å². The van der Waals surface area contributed by atoms with Crippen molar-refractivity contribution in [2.45, 2.75) is 6.18 Å². The van der Waals surface area contributed by atoms with Gasteiger partial charge in [-0.05, 0) is 30.4 Å². The summed E-state index contributed by atoms with van der Waals surface area (Å²) in [7, 11) is 2.24. The Hall–Kier alpha value is -3.89. The number of halogens is 4. The highest BCUT2D eigenvalue weighted by molar-refractivity contribution is 6.05. The zero-order valence-electron chi connectivity index (χ0n) is 16.2. The number of anilines is 1. The summed E-state index contributed by atoms with van der Waals surface area (Å²) in [5.74, 6) is -2.62. The van der Waals surface area contributed by atoms with E-state index in [0.29, 0.717) is 0 Å². The van der Waals surface area contributed by atoms with Crippen molar-refractivity contribution in [3.63, 3.8) is 0 Å². The SMILES string of the molecule is COC(=O)C1=C(C(=O)OC)N(c2ccc(-n3ccc(C(F)(F)F)n3)c(F)c2)C=CC=C1. The summed E-state index contributed by atoms with van der Waals surface area (Å²) in [6.45, 7) is 0. The number of ether oxygens (including phenoxy) is 2. The van der Waals surface area contributed by atoms with Crippen molar-refractivity contribution < 1.29 is 36.6 Å². The first-order valence-electron chi connectivity index (χ1n) is 8.65. The number of nitrogens with zero attached hydrogens (tertiary/aromatic N) is 3. The van der Waals surface area contributed by atoms with Gasteiger partial charge in [-0.1, -0.05) is 6.08 Å². The van der Waals surface area contributed by atoms with E-state index in [1.165, 1.54) is 41.5 Å². The van der Waals surface area contributed by atoms with E-state index in [-0.39, 0.29) is 22.6 Å². The fraction of sp³-hybridized carbons (Fsp3) is 0.150. The summed E-state index contributed by atoms with van der Waals surface area (Å²) in [6, 6.07) is 4.24. The molecule has 1 aromatic heterocycles. The predicted octanol–water partition coefficient (Wildman–Crippen LogP) is 3.52. The van der Waals surface area contributed by atoms with Crippen LogP contribution in [-0.4, -0.2) is 35.9 Å². The Morgan fingerprint density at radius 2 is 1.74 bits per heavy atom. The lowest BCUT2D eigenvalue weighted by atomic mass is 10.1. The largest absolute Gasteiger partial charge is 0.465 e. The highest BCUT2D eigenvalue weighted by Crippen LogP contribution is 2.30. The summed E-state index contributed by atoms with van der Waals surface area (Å²) in [5.41, 5.74) is -1.68. The molecule has 11 heteroatoms. The molecule has 0 aliphatic carbocycles. The minimum absolute atomic E-state index is 0.103. The van der Waals surface area contributed by atoms with E-state index in [1.54, 1.807) is 0 Å². The first kappa shape index (κ1) is 21.8. The van der Waals surface area contributed by atoms with E-state index in [4.69, 9.17) is 9.47 Å². The number of rotatable bonds is 4. The molecular weight excluding hydrogens is 422 g/mol. The Morgan fingerprint density at radius 1 is 1.03 bits per heavy atom. The summed E-state index contributed by atoms with van der Waals surface area (Å²) in [4.78, 5) is 25.7. The molecule has 0 bridgehead atoms. The van der Waals surface area contributed by atoms with Crippen LogP contribution in [0.5, 0.6) is 0 Å². The number of aromatic nitrogens is 2. The smallest absolute Gasteiger partial charge is 0.435 e. The molecule has 0 saturated heterocycles. The summed E-state index contributed by atoms with van der Waals surface area (Å²) in [5, 5.41) is 3.34. The Balaban J connectivity index is 2.07. The molecule has 0 radical (unpaired) electrons. The molecule has 0 saturated carbocycles. The summed E-state index contributed by atoms with van der Waals surface area (Å²) >= 11 is 0. The molecule has 31 heavy (non-hydrogen) atoms. The van der Waals surface area contributed by atoms with Crippen LogP contribution >= 0.6 is 0 Å². The van der Waals surface area contributed by atoms with Crippen LogP contribution in [0.2, 0.25) is 0 Å². The second-order valence-corrected chi connectivity index (χ2v) is 6.10. The zero-order valence-corrected chi connectivity index (χ0v) is 16.2. The normalized spacial score (nSPS) is 13.9. The van der Waals surface area contributed by atoms with Crippen LogP contribution in [0.25, 0.3) is 5.69 Å². The van der Waals surface area contributed by atoms with Gasteiger partial charge in [0, 0.05) is 24.2 Å². The lowest BCUT2D eigenvalue weighted by Gasteiger charge is -2.23. The summed E-state index contributed by atoms with van der Waals surface area (Å²) in [6.07, 6.45) is 2.00.